The molecule has 55 heavy (non-hydrogen) atoms. The number of rotatable bonds is 41. The normalized spacial score (nSPS) is 12.2. The molecule has 0 aliphatic rings. The summed E-state index contributed by atoms with van der Waals surface area (Å²) in [6.07, 6.45) is 40.3. The Morgan fingerprint density at radius 3 is 1.29 bits per heavy atom. The molecule has 0 unspecified atom stereocenters. The molecule has 0 saturated heterocycles. The van der Waals surface area contributed by atoms with E-state index in [0.717, 1.165) is 70.8 Å². The van der Waals surface area contributed by atoms with Gasteiger partial charge in [0.15, 0.2) is 0 Å². The third-order valence-electron chi connectivity index (χ3n) is 10.0. The van der Waals surface area contributed by atoms with Crippen LogP contribution >= 0.6 is 0 Å². The topological polar surface area (TPSA) is 114 Å². The zero-order chi connectivity index (χ0) is 40.3. The van der Waals surface area contributed by atoms with Crippen molar-refractivity contribution in [1.29, 1.82) is 0 Å². The van der Waals surface area contributed by atoms with Crippen molar-refractivity contribution in [1.82, 2.24) is 10.2 Å². The summed E-state index contributed by atoms with van der Waals surface area (Å²) in [6.45, 7) is 8.21. The van der Waals surface area contributed by atoms with Crippen LogP contribution in [-0.4, -0.2) is 80.1 Å². The molecule has 0 bridgehead atoms. The van der Waals surface area contributed by atoms with Gasteiger partial charge in [-0.25, -0.2) is 4.79 Å². The van der Waals surface area contributed by atoms with E-state index in [0.29, 0.717) is 25.9 Å². The van der Waals surface area contributed by atoms with Crippen LogP contribution in [0.2, 0.25) is 0 Å². The summed E-state index contributed by atoms with van der Waals surface area (Å²) in [7, 11) is 0. The predicted octanol–water partition coefficient (Wildman–Crippen LogP) is 11.6. The third kappa shape index (κ3) is 39.6. The van der Waals surface area contributed by atoms with Gasteiger partial charge in [0.25, 0.3) is 0 Å². The number of carbonyl (C=O) groups is 3. The molecule has 9 nitrogen and oxygen atoms in total. The highest BCUT2D eigenvalue weighted by molar-refractivity contribution is 5.70. The smallest absolute Gasteiger partial charge is 0.407 e. The first kappa shape index (κ1) is 52.6. The maximum Gasteiger partial charge on any atom is 0.407 e. The number of amides is 1. The van der Waals surface area contributed by atoms with Gasteiger partial charge >= 0.3 is 18.0 Å². The minimum atomic E-state index is -0.705. The third-order valence-corrected chi connectivity index (χ3v) is 10.0. The van der Waals surface area contributed by atoms with Crippen LogP contribution in [0.25, 0.3) is 0 Å². The lowest BCUT2D eigenvalue weighted by molar-refractivity contribution is -0.147. The van der Waals surface area contributed by atoms with E-state index >= 15 is 0 Å². The first-order valence-electron chi connectivity index (χ1n) is 22.8. The number of nitrogens with zero attached hydrogens (tertiary/aromatic N) is 1. The molecule has 2 N–H and O–H groups in total. The number of esters is 2. The van der Waals surface area contributed by atoms with Crippen LogP contribution in [0.4, 0.5) is 4.79 Å². The molecule has 9 heteroatoms. The Bertz CT molecular complexity index is 870. The van der Waals surface area contributed by atoms with Gasteiger partial charge in [0.05, 0.1) is 6.61 Å². The van der Waals surface area contributed by atoms with Gasteiger partial charge in [-0.05, 0) is 70.8 Å². The summed E-state index contributed by atoms with van der Waals surface area (Å²) in [4.78, 5) is 39.5. The highest BCUT2D eigenvalue weighted by Gasteiger charge is 2.18. The summed E-state index contributed by atoms with van der Waals surface area (Å²) in [6, 6.07) is -0.705. The summed E-state index contributed by atoms with van der Waals surface area (Å²) in [5.74, 6) is -0.639. The van der Waals surface area contributed by atoms with E-state index in [4.69, 9.17) is 14.2 Å². The Labute approximate surface area is 338 Å². The Morgan fingerprint density at radius 2 is 0.909 bits per heavy atom. The maximum absolute atomic E-state index is 12.5. The van der Waals surface area contributed by atoms with Gasteiger partial charge in [0, 0.05) is 25.9 Å². The van der Waals surface area contributed by atoms with E-state index in [-0.39, 0.29) is 38.4 Å². The second kappa shape index (κ2) is 42.7. The zero-order valence-electron chi connectivity index (χ0n) is 36.0. The van der Waals surface area contributed by atoms with E-state index in [9.17, 15) is 19.5 Å². The molecule has 0 spiro atoms. The number of aliphatic hydroxyl groups excluding tert-OH is 1. The van der Waals surface area contributed by atoms with E-state index in [1.807, 2.05) is 11.8 Å². The summed E-state index contributed by atoms with van der Waals surface area (Å²) in [5.41, 5.74) is 0. The predicted molar refractivity (Wildman–Crippen MR) is 228 cm³/mol. The SMILES string of the molecule is CCCCCCCCC=CCCCCCCCC(=O)OCC(COC(=O)CCCCCCCC=CCCCCCCCC)NC(=O)OCCN(CC)CCO. The fourth-order valence-corrected chi connectivity index (χ4v) is 6.39. The minimum Gasteiger partial charge on any atom is -0.463 e. The Morgan fingerprint density at radius 1 is 0.527 bits per heavy atom. The Balaban J connectivity index is 4.32. The molecule has 322 valence electrons. The van der Waals surface area contributed by atoms with Crippen molar-refractivity contribution in [2.75, 3.05) is 46.1 Å². The lowest BCUT2D eigenvalue weighted by atomic mass is 10.1. The van der Waals surface area contributed by atoms with Crippen molar-refractivity contribution < 1.29 is 33.7 Å². The number of unbranched alkanes of at least 4 members (excludes halogenated alkanes) is 22. The average Bonchev–Trinajstić information content (AvgIpc) is 3.18. The quantitative estimate of drug-likeness (QED) is 0.0273. The molecule has 0 heterocycles. The molecular formula is C46H86N2O7. The van der Waals surface area contributed by atoms with Crippen molar-refractivity contribution in [3.8, 4) is 0 Å². The van der Waals surface area contributed by atoms with Crippen LogP contribution in [-0.2, 0) is 23.8 Å². The van der Waals surface area contributed by atoms with E-state index < -0.39 is 12.1 Å². The van der Waals surface area contributed by atoms with Crippen molar-refractivity contribution in [3.05, 3.63) is 24.3 Å². The molecule has 0 aromatic rings. The number of ether oxygens (including phenoxy) is 3. The largest absolute Gasteiger partial charge is 0.463 e. The van der Waals surface area contributed by atoms with Gasteiger partial charge in [-0.15, -0.1) is 0 Å². The second-order valence-electron chi connectivity index (χ2n) is 15.2. The number of nitrogens with one attached hydrogen (secondary N) is 1. The molecule has 0 aromatic carbocycles. The van der Waals surface area contributed by atoms with Gasteiger partial charge in [-0.2, -0.15) is 0 Å². The minimum absolute atomic E-state index is 0.0346. The van der Waals surface area contributed by atoms with Gasteiger partial charge in [0.1, 0.15) is 25.9 Å². The van der Waals surface area contributed by atoms with Gasteiger partial charge in [-0.1, -0.05) is 148 Å². The molecule has 0 aliphatic heterocycles. The number of allylic oxidation sites excluding steroid dienone is 4. The first-order valence-corrected chi connectivity index (χ1v) is 22.8. The van der Waals surface area contributed by atoms with Crippen molar-refractivity contribution in [2.24, 2.45) is 0 Å². The molecule has 0 radical (unpaired) electrons. The Hall–Kier alpha value is -2.39. The number of aliphatic hydroxyl groups is 1. The van der Waals surface area contributed by atoms with Gasteiger partial charge in [-0.3, -0.25) is 14.5 Å². The number of alkyl carbamates (subject to hydrolysis) is 1. The maximum atomic E-state index is 12.5. The van der Waals surface area contributed by atoms with E-state index in [1.54, 1.807) is 0 Å². The zero-order valence-corrected chi connectivity index (χ0v) is 36.0. The highest BCUT2D eigenvalue weighted by atomic mass is 16.6. The van der Waals surface area contributed by atoms with Crippen LogP contribution in [0.1, 0.15) is 201 Å². The molecular weight excluding hydrogens is 693 g/mol. The monoisotopic (exact) mass is 779 g/mol. The van der Waals surface area contributed by atoms with Crippen molar-refractivity contribution >= 4 is 18.0 Å². The second-order valence-corrected chi connectivity index (χ2v) is 15.2. The van der Waals surface area contributed by atoms with Crippen LogP contribution in [0.3, 0.4) is 0 Å². The Kier molecular flexibility index (Phi) is 40.9. The van der Waals surface area contributed by atoms with Crippen LogP contribution < -0.4 is 5.32 Å². The van der Waals surface area contributed by atoms with Crippen molar-refractivity contribution in [3.63, 3.8) is 0 Å². The molecule has 0 saturated carbocycles. The van der Waals surface area contributed by atoms with Gasteiger partial charge < -0.3 is 24.6 Å². The highest BCUT2D eigenvalue weighted by Crippen LogP contribution is 2.12. The summed E-state index contributed by atoms with van der Waals surface area (Å²) < 4.78 is 16.3. The molecule has 0 aromatic heterocycles. The fraction of sp³-hybridized carbons (Fsp3) is 0.848. The average molecular weight is 779 g/mol. The lowest BCUT2D eigenvalue weighted by Gasteiger charge is -2.21. The number of hydrogen-bond donors (Lipinski definition) is 2. The fourth-order valence-electron chi connectivity index (χ4n) is 6.39. The number of hydrogen-bond acceptors (Lipinski definition) is 8. The van der Waals surface area contributed by atoms with Crippen molar-refractivity contribution in [2.45, 2.75) is 207 Å². The standard InChI is InChI=1S/C46H86N2O7/c1-4-7-9-11-13-15-17-19-21-23-25-27-29-31-33-35-44(50)54-41-43(47-46(52)53-40-38-48(6-3)37-39-49)42-55-45(51)36-34-32-30-28-26-24-22-20-18-16-14-12-10-8-5-2/h19-22,43,49H,4-18,23-42H2,1-3H3,(H,47,52). The van der Waals surface area contributed by atoms with Crippen LogP contribution in [0.5, 0.6) is 0 Å². The molecule has 0 atom stereocenters. The van der Waals surface area contributed by atoms with Crippen LogP contribution in [0, 0.1) is 0 Å². The molecule has 1 amide bonds. The summed E-state index contributed by atoms with van der Waals surface area (Å²) >= 11 is 0. The van der Waals surface area contributed by atoms with E-state index in [2.05, 4.69) is 43.5 Å². The lowest BCUT2D eigenvalue weighted by Crippen LogP contribution is -2.43. The van der Waals surface area contributed by atoms with Gasteiger partial charge in [0.2, 0.25) is 0 Å². The first-order chi connectivity index (χ1) is 27.0. The molecule has 0 aliphatic carbocycles. The molecule has 0 rings (SSSR count). The summed E-state index contributed by atoms with van der Waals surface area (Å²) in [5, 5.41) is 11.9. The number of carbonyl (C=O) groups excluding carboxylic acids is 3. The van der Waals surface area contributed by atoms with Crippen LogP contribution in [0.15, 0.2) is 24.3 Å². The molecule has 0 fully saturated rings. The number of likely N-dealkylation sites (N-methyl/N-ethyl adjacent to an activating group) is 1. The van der Waals surface area contributed by atoms with E-state index in [1.165, 1.54) is 103 Å².